The molecule has 2 saturated heterocycles. The molecule has 1 aromatic carbocycles. The molecule has 0 radical (unpaired) electrons. The van der Waals surface area contributed by atoms with Crippen molar-refractivity contribution >= 4 is 46.6 Å². The third kappa shape index (κ3) is 8.27. The molecular weight excluding hydrogens is 708 g/mol. The highest BCUT2D eigenvalue weighted by atomic mass is 32.1. The Morgan fingerprint density at radius 2 is 1.58 bits per heavy atom. The van der Waals surface area contributed by atoms with Crippen molar-refractivity contribution in [2.24, 2.45) is 0 Å². The van der Waals surface area contributed by atoms with E-state index in [0.29, 0.717) is 26.1 Å². The van der Waals surface area contributed by atoms with Crippen LogP contribution < -0.4 is 14.5 Å². The van der Waals surface area contributed by atoms with Gasteiger partial charge in [-0.2, -0.15) is 31.6 Å². The zero-order chi connectivity index (χ0) is 37.4. The van der Waals surface area contributed by atoms with E-state index in [4.69, 9.17) is 22.2 Å². The Kier molecular flexibility index (Phi) is 10.8. The van der Waals surface area contributed by atoms with Crippen molar-refractivity contribution in [2.75, 3.05) is 55.7 Å². The number of thiocarbonyl (C=S) groups is 1. The number of nitriles is 1. The largest absolute Gasteiger partial charge is 0.492 e. The number of hydrogen-bond donors (Lipinski definition) is 0. The molecule has 1 aromatic heterocycles. The molecule has 50 heavy (non-hydrogen) atoms. The molecule has 2 fully saturated rings. The number of piperazine rings is 1. The fourth-order valence-electron chi connectivity index (χ4n) is 5.30. The monoisotopic (exact) mass is 736 g/mol. The van der Waals surface area contributed by atoms with Crippen LogP contribution >= 0.6 is 12.2 Å². The Hall–Kier alpha value is -4.48. The fraction of sp³-hybridized carbons (Fsp3) is 0.467. The summed E-state index contributed by atoms with van der Waals surface area (Å²) in [5, 5.41) is 8.75. The number of benzene rings is 1. The number of halogens is 8. The van der Waals surface area contributed by atoms with Gasteiger partial charge in [-0.25, -0.2) is 18.6 Å². The average Bonchev–Trinajstić information content (AvgIpc) is 3.18. The summed E-state index contributed by atoms with van der Waals surface area (Å²) >= 11 is 5.47. The number of aromatic nitrogens is 1. The summed E-state index contributed by atoms with van der Waals surface area (Å²) in [6.45, 7) is 4.22. The number of nitrogens with zero attached hydrogens (tertiary/aromatic N) is 6. The minimum Gasteiger partial charge on any atom is -0.492 e. The summed E-state index contributed by atoms with van der Waals surface area (Å²) in [5.74, 6) is -8.40. The van der Waals surface area contributed by atoms with Crippen molar-refractivity contribution in [3.63, 3.8) is 0 Å². The van der Waals surface area contributed by atoms with Crippen LogP contribution in [0.4, 0.5) is 46.5 Å². The van der Waals surface area contributed by atoms with Crippen molar-refractivity contribution in [3.05, 3.63) is 47.3 Å². The van der Waals surface area contributed by atoms with Crippen LogP contribution in [0.1, 0.15) is 37.6 Å². The first-order chi connectivity index (χ1) is 23.0. The number of hydrogen-bond acceptors (Lipinski definition) is 10. The Morgan fingerprint density at radius 3 is 2.14 bits per heavy atom. The van der Waals surface area contributed by atoms with Crippen molar-refractivity contribution in [3.8, 4) is 11.8 Å². The highest BCUT2D eigenvalue weighted by molar-refractivity contribution is 7.81. The number of pyridine rings is 1. The third-order valence-corrected chi connectivity index (χ3v) is 8.19. The second kappa shape index (κ2) is 14.0. The van der Waals surface area contributed by atoms with Gasteiger partial charge in [0.1, 0.15) is 24.0 Å². The molecule has 2 aliphatic heterocycles. The highest BCUT2D eigenvalue weighted by Gasteiger charge is 2.51. The van der Waals surface area contributed by atoms with Crippen molar-refractivity contribution in [1.29, 1.82) is 5.26 Å². The number of alkyl halides is 8. The van der Waals surface area contributed by atoms with E-state index in [1.165, 1.54) is 41.8 Å². The molecule has 0 aliphatic carbocycles. The van der Waals surface area contributed by atoms with Gasteiger partial charge in [0.05, 0.1) is 29.6 Å². The van der Waals surface area contributed by atoms with Crippen LogP contribution in [-0.2, 0) is 31.2 Å². The quantitative estimate of drug-likeness (QED) is 0.155. The predicted octanol–water partition coefficient (Wildman–Crippen LogP) is 4.63. The first-order valence-electron chi connectivity index (χ1n) is 14.6. The van der Waals surface area contributed by atoms with E-state index in [-0.39, 0.29) is 48.5 Å². The smallest absolute Gasteiger partial charge is 0.491 e. The number of amides is 1. The molecule has 2 aliphatic rings. The number of carbonyl (C=O) groups excluding carboxylic acids is 3. The molecule has 0 atom stereocenters. The lowest BCUT2D eigenvalue weighted by atomic mass is 10.0. The van der Waals surface area contributed by atoms with Gasteiger partial charge in [0.25, 0.3) is 11.8 Å². The van der Waals surface area contributed by atoms with Gasteiger partial charge in [-0.15, -0.1) is 0 Å². The average molecular weight is 737 g/mol. The summed E-state index contributed by atoms with van der Waals surface area (Å²) in [5.41, 5.74) is -4.78. The second-order valence-corrected chi connectivity index (χ2v) is 12.2. The Bertz CT molecular complexity index is 1720. The van der Waals surface area contributed by atoms with Gasteiger partial charge >= 0.3 is 24.3 Å². The second-order valence-electron chi connectivity index (χ2n) is 11.8. The maximum absolute atomic E-state index is 14.9. The molecule has 1 amide bonds. The number of carbonyl (C=O) groups is 3. The summed E-state index contributed by atoms with van der Waals surface area (Å²) in [7, 11) is 0. The van der Waals surface area contributed by atoms with Gasteiger partial charge in [-0.05, 0) is 50.3 Å². The fourth-order valence-corrected chi connectivity index (χ4v) is 5.82. The molecule has 0 unspecified atom stereocenters. The van der Waals surface area contributed by atoms with Crippen LogP contribution in [0, 0.1) is 11.3 Å². The van der Waals surface area contributed by atoms with Gasteiger partial charge in [-0.1, -0.05) is 0 Å². The maximum atomic E-state index is 14.9. The first-order valence-corrected chi connectivity index (χ1v) is 15.0. The maximum Gasteiger partial charge on any atom is 0.491 e. The molecule has 0 N–H and O–H groups in total. The van der Waals surface area contributed by atoms with Crippen LogP contribution in [0.15, 0.2) is 30.5 Å². The summed E-state index contributed by atoms with van der Waals surface area (Å²) in [6, 6.07) is 5.56. The Morgan fingerprint density at radius 1 is 0.980 bits per heavy atom. The molecule has 0 spiro atoms. The lowest BCUT2D eigenvalue weighted by molar-refractivity contribution is -0.202. The van der Waals surface area contributed by atoms with E-state index in [1.807, 2.05) is 4.90 Å². The van der Waals surface area contributed by atoms with E-state index in [1.54, 1.807) is 0 Å². The molecule has 20 heteroatoms. The molecule has 4 rings (SSSR count). The van der Waals surface area contributed by atoms with E-state index < -0.39 is 65.0 Å². The molecule has 0 bridgehead atoms. The van der Waals surface area contributed by atoms with E-state index >= 15 is 0 Å². The molecular formula is C30H28F8N6O5S. The highest BCUT2D eigenvalue weighted by Crippen LogP contribution is 2.42. The minimum atomic E-state index is -5.30. The first kappa shape index (κ1) is 38.3. The van der Waals surface area contributed by atoms with Gasteiger partial charge in [0.15, 0.2) is 10.8 Å². The minimum absolute atomic E-state index is 0.0176. The molecule has 11 nitrogen and oxygen atoms in total. The molecule has 0 saturated carbocycles. The summed E-state index contributed by atoms with van der Waals surface area (Å²) in [4.78, 5) is 44.9. The van der Waals surface area contributed by atoms with E-state index in [2.05, 4.69) is 9.72 Å². The lowest BCUT2D eigenvalue weighted by Gasteiger charge is -2.34. The van der Waals surface area contributed by atoms with Gasteiger partial charge in [-0.3, -0.25) is 24.3 Å². The Labute approximate surface area is 284 Å². The standard InChI is InChI=1S/C30H28F8N6O5S/c1-27(2)24(46)43(18-13-19(29(33,34)35)21(14-39)40-15-18)26(50)44(27)17-4-5-22(20(12-17)28(3,31)32)48-11-10-41-6-8-42(9-7-41)16-23(45)49-25(47)30(36,37)38/h4-5,12-13,15H,6-11,16H2,1-3H3. The topological polar surface area (TPSA) is 119 Å². The van der Waals surface area contributed by atoms with Crippen LogP contribution in [0.2, 0.25) is 0 Å². The van der Waals surface area contributed by atoms with Gasteiger partial charge < -0.3 is 14.4 Å². The van der Waals surface area contributed by atoms with Crippen molar-refractivity contribution in [2.45, 2.75) is 44.6 Å². The zero-order valence-corrected chi connectivity index (χ0v) is 27.3. The Balaban J connectivity index is 1.45. The molecule has 270 valence electrons. The zero-order valence-electron chi connectivity index (χ0n) is 26.5. The predicted molar refractivity (Wildman–Crippen MR) is 162 cm³/mol. The normalized spacial score (nSPS) is 17.6. The van der Waals surface area contributed by atoms with Crippen molar-refractivity contribution in [1.82, 2.24) is 14.8 Å². The number of anilines is 2. The lowest BCUT2D eigenvalue weighted by Crippen LogP contribution is -2.49. The van der Waals surface area contributed by atoms with E-state index in [9.17, 15) is 49.5 Å². The third-order valence-electron chi connectivity index (χ3n) is 7.83. The van der Waals surface area contributed by atoms with Crippen LogP contribution in [0.3, 0.4) is 0 Å². The SMILES string of the molecule is CC(F)(F)c1cc(N2C(=S)N(c3cnc(C#N)c(C(F)(F)F)c3)C(=O)C2(C)C)ccc1OCCN1CCN(CC(=O)OC(=O)C(F)(F)F)CC1. The number of rotatable bonds is 9. The molecule has 2 aromatic rings. The number of ether oxygens (including phenoxy) is 2. The van der Waals surface area contributed by atoms with Crippen molar-refractivity contribution < 1.29 is 59.0 Å². The van der Waals surface area contributed by atoms with Crippen LogP contribution in [0.5, 0.6) is 5.75 Å². The van der Waals surface area contributed by atoms with E-state index in [0.717, 1.165) is 17.2 Å². The number of esters is 2. The van der Waals surface area contributed by atoms with Gasteiger partial charge in [0.2, 0.25) is 0 Å². The van der Waals surface area contributed by atoms with Crippen LogP contribution in [-0.4, -0.2) is 95.3 Å². The summed E-state index contributed by atoms with van der Waals surface area (Å²) < 4.78 is 117. The molecule has 3 heterocycles. The van der Waals surface area contributed by atoms with Crippen LogP contribution in [0.25, 0.3) is 0 Å². The summed E-state index contributed by atoms with van der Waals surface area (Å²) in [6.07, 6.45) is -9.39. The van der Waals surface area contributed by atoms with Gasteiger partial charge in [0, 0.05) is 45.3 Å².